The van der Waals surface area contributed by atoms with Crippen LogP contribution in [-0.2, 0) is 0 Å². The molecule has 5 heteroatoms. The molecular weight excluding hydrogens is 330 g/mol. The van der Waals surface area contributed by atoms with E-state index in [1.165, 1.54) is 0 Å². The predicted molar refractivity (Wildman–Crippen MR) is 101 cm³/mol. The Morgan fingerprint density at radius 1 is 1.08 bits per heavy atom. The minimum absolute atomic E-state index is 0.199. The number of aromatic nitrogens is 2. The maximum absolute atomic E-state index is 12.5. The third kappa shape index (κ3) is 4.31. The normalized spacial score (nSPS) is 10.0. The van der Waals surface area contributed by atoms with Crippen molar-refractivity contribution in [3.63, 3.8) is 0 Å². The van der Waals surface area contributed by atoms with E-state index in [-0.39, 0.29) is 5.91 Å². The predicted octanol–water partition coefficient (Wildman–Crippen LogP) is 4.12. The number of anilines is 1. The van der Waals surface area contributed by atoms with E-state index in [1.54, 1.807) is 35.9 Å². The number of thiazole rings is 1. The van der Waals surface area contributed by atoms with E-state index in [2.05, 4.69) is 27.1 Å². The number of rotatable bonds is 2. The summed E-state index contributed by atoms with van der Waals surface area (Å²) in [6.45, 7) is 5.88. The van der Waals surface area contributed by atoms with E-state index in [0.717, 1.165) is 26.6 Å². The second-order valence-electron chi connectivity index (χ2n) is 5.70. The summed E-state index contributed by atoms with van der Waals surface area (Å²) < 4.78 is 0. The van der Waals surface area contributed by atoms with Crippen LogP contribution in [0, 0.1) is 32.6 Å². The van der Waals surface area contributed by atoms with Gasteiger partial charge in [-0.05, 0) is 62.1 Å². The molecule has 0 fully saturated rings. The van der Waals surface area contributed by atoms with Gasteiger partial charge in [-0.15, -0.1) is 11.3 Å². The Morgan fingerprint density at radius 3 is 2.64 bits per heavy atom. The van der Waals surface area contributed by atoms with Gasteiger partial charge >= 0.3 is 0 Å². The van der Waals surface area contributed by atoms with E-state index >= 15 is 0 Å². The maximum Gasteiger partial charge on any atom is 0.256 e. The second kappa shape index (κ2) is 7.29. The van der Waals surface area contributed by atoms with Gasteiger partial charge < -0.3 is 5.32 Å². The fourth-order valence-electron chi connectivity index (χ4n) is 2.24. The van der Waals surface area contributed by atoms with Crippen molar-refractivity contribution in [3.05, 3.63) is 74.9 Å². The molecule has 0 aliphatic carbocycles. The lowest BCUT2D eigenvalue weighted by Gasteiger charge is -2.06. The van der Waals surface area contributed by atoms with Gasteiger partial charge in [-0.2, -0.15) is 0 Å². The molecule has 0 atom stereocenters. The van der Waals surface area contributed by atoms with E-state index in [4.69, 9.17) is 0 Å². The molecule has 25 heavy (non-hydrogen) atoms. The molecule has 1 N–H and O–H groups in total. The molecule has 124 valence electrons. The van der Waals surface area contributed by atoms with Crippen molar-refractivity contribution < 1.29 is 4.79 Å². The zero-order valence-corrected chi connectivity index (χ0v) is 15.1. The molecule has 2 aromatic heterocycles. The molecule has 0 saturated heterocycles. The summed E-state index contributed by atoms with van der Waals surface area (Å²) in [6.07, 6.45) is 3.44. The van der Waals surface area contributed by atoms with Crippen LogP contribution in [-0.4, -0.2) is 15.9 Å². The highest BCUT2D eigenvalue weighted by atomic mass is 32.1. The average molecular weight is 347 g/mol. The molecule has 4 nitrogen and oxygen atoms in total. The number of nitrogens with one attached hydrogen (secondary N) is 1. The number of hydrogen-bond donors (Lipinski definition) is 1. The number of aryl methyl sites for hydroxylation is 3. The molecule has 2 heterocycles. The van der Waals surface area contributed by atoms with Crippen molar-refractivity contribution in [3.8, 4) is 11.8 Å². The van der Waals surface area contributed by atoms with Crippen molar-refractivity contribution >= 4 is 23.1 Å². The van der Waals surface area contributed by atoms with Crippen LogP contribution in [0.2, 0.25) is 0 Å². The minimum Gasteiger partial charge on any atom is -0.307 e. The van der Waals surface area contributed by atoms with Gasteiger partial charge in [0.05, 0.1) is 16.1 Å². The van der Waals surface area contributed by atoms with E-state index in [9.17, 15) is 4.79 Å². The van der Waals surface area contributed by atoms with Gasteiger partial charge in [0, 0.05) is 17.3 Å². The summed E-state index contributed by atoms with van der Waals surface area (Å²) in [4.78, 5) is 21.7. The van der Waals surface area contributed by atoms with E-state index in [0.29, 0.717) is 11.4 Å². The zero-order valence-electron chi connectivity index (χ0n) is 14.3. The molecular formula is C20H17N3OS. The standard InChI is InChI=1S/C20H17N3OS/c1-13-8-9-21-19(10-13)23-20(24)17-5-4-14(2)16(11-17)6-7-18-12-22-15(3)25-18/h4-5,8-12H,1-3H3,(H,21,23,24). The minimum atomic E-state index is -0.199. The Morgan fingerprint density at radius 2 is 1.92 bits per heavy atom. The molecule has 1 amide bonds. The largest absolute Gasteiger partial charge is 0.307 e. The smallest absolute Gasteiger partial charge is 0.256 e. The third-order valence-electron chi connectivity index (χ3n) is 3.60. The number of benzene rings is 1. The summed E-state index contributed by atoms with van der Waals surface area (Å²) in [5.41, 5.74) is 3.45. The number of amides is 1. The summed E-state index contributed by atoms with van der Waals surface area (Å²) in [6, 6.07) is 9.22. The molecule has 0 spiro atoms. The summed E-state index contributed by atoms with van der Waals surface area (Å²) in [5, 5.41) is 3.80. The van der Waals surface area contributed by atoms with Crippen LogP contribution in [0.3, 0.4) is 0 Å². The molecule has 0 bridgehead atoms. The Labute approximate surface area is 151 Å². The second-order valence-corrected chi connectivity index (χ2v) is 6.93. The Bertz CT molecular complexity index is 995. The van der Waals surface area contributed by atoms with Gasteiger partial charge in [0.25, 0.3) is 5.91 Å². The Balaban J connectivity index is 1.83. The summed E-state index contributed by atoms with van der Waals surface area (Å²) in [5.74, 6) is 6.58. The van der Waals surface area contributed by atoms with Gasteiger partial charge in [0.15, 0.2) is 0 Å². The first kappa shape index (κ1) is 16.9. The van der Waals surface area contributed by atoms with Crippen molar-refractivity contribution in [1.29, 1.82) is 0 Å². The number of carbonyl (C=O) groups excluding carboxylic acids is 1. The van der Waals surface area contributed by atoms with Gasteiger partial charge in [-0.1, -0.05) is 12.0 Å². The first-order chi connectivity index (χ1) is 12.0. The lowest BCUT2D eigenvalue weighted by atomic mass is 10.0. The molecule has 1 aromatic carbocycles. The zero-order chi connectivity index (χ0) is 17.8. The Hall–Kier alpha value is -2.97. The molecule has 0 radical (unpaired) electrons. The fraction of sp³-hybridized carbons (Fsp3) is 0.150. The van der Waals surface area contributed by atoms with Crippen LogP contribution in [0.5, 0.6) is 0 Å². The van der Waals surface area contributed by atoms with Gasteiger partial charge in [-0.25, -0.2) is 9.97 Å². The molecule has 3 aromatic rings. The Kier molecular flexibility index (Phi) is 4.92. The van der Waals surface area contributed by atoms with Crippen LogP contribution in [0.15, 0.2) is 42.7 Å². The molecule has 0 saturated carbocycles. The van der Waals surface area contributed by atoms with Crippen molar-refractivity contribution in [1.82, 2.24) is 9.97 Å². The topological polar surface area (TPSA) is 54.9 Å². The van der Waals surface area contributed by atoms with E-state index in [1.807, 2.05) is 39.0 Å². The number of carbonyl (C=O) groups is 1. The number of nitrogens with zero attached hydrogens (tertiary/aromatic N) is 2. The monoisotopic (exact) mass is 347 g/mol. The lowest BCUT2D eigenvalue weighted by molar-refractivity contribution is 0.102. The first-order valence-electron chi connectivity index (χ1n) is 7.80. The number of pyridine rings is 1. The van der Waals surface area contributed by atoms with Crippen LogP contribution in [0.25, 0.3) is 0 Å². The van der Waals surface area contributed by atoms with Crippen LogP contribution >= 0.6 is 11.3 Å². The highest BCUT2D eigenvalue weighted by molar-refractivity contribution is 7.12. The first-order valence-corrected chi connectivity index (χ1v) is 8.62. The SMILES string of the molecule is Cc1ccnc(NC(=O)c2ccc(C)c(C#Cc3cnc(C)s3)c2)c1. The highest BCUT2D eigenvalue weighted by Gasteiger charge is 2.08. The quantitative estimate of drug-likeness (QED) is 0.710. The van der Waals surface area contributed by atoms with Gasteiger partial charge in [0.1, 0.15) is 5.82 Å². The third-order valence-corrected chi connectivity index (χ3v) is 4.43. The fourth-order valence-corrected chi connectivity index (χ4v) is 2.87. The lowest BCUT2D eigenvalue weighted by Crippen LogP contribution is -2.13. The maximum atomic E-state index is 12.5. The van der Waals surface area contributed by atoms with Crippen molar-refractivity contribution in [2.24, 2.45) is 0 Å². The van der Waals surface area contributed by atoms with Crippen molar-refractivity contribution in [2.75, 3.05) is 5.32 Å². The number of hydrogen-bond acceptors (Lipinski definition) is 4. The van der Waals surface area contributed by atoms with E-state index < -0.39 is 0 Å². The molecule has 0 aliphatic heterocycles. The van der Waals surface area contributed by atoms with Crippen LogP contribution in [0.1, 0.15) is 36.9 Å². The molecule has 3 rings (SSSR count). The summed E-state index contributed by atoms with van der Waals surface area (Å²) in [7, 11) is 0. The van der Waals surface area contributed by atoms with Crippen LogP contribution < -0.4 is 5.32 Å². The molecule has 0 aliphatic rings. The summed E-state index contributed by atoms with van der Waals surface area (Å²) >= 11 is 1.55. The molecule has 0 unspecified atom stereocenters. The van der Waals surface area contributed by atoms with Gasteiger partial charge in [-0.3, -0.25) is 4.79 Å². The van der Waals surface area contributed by atoms with Crippen molar-refractivity contribution in [2.45, 2.75) is 20.8 Å². The van der Waals surface area contributed by atoms with Crippen LogP contribution in [0.4, 0.5) is 5.82 Å². The average Bonchev–Trinajstić information content (AvgIpc) is 2.99. The highest BCUT2D eigenvalue weighted by Crippen LogP contribution is 2.14. The van der Waals surface area contributed by atoms with Gasteiger partial charge in [0.2, 0.25) is 0 Å².